The molecule has 0 unspecified atom stereocenters. The third-order valence-corrected chi connectivity index (χ3v) is 7.51. The minimum atomic E-state index is -2.74. The smallest absolute Gasteiger partial charge is 0.253 e. The fourth-order valence-electron chi connectivity index (χ4n) is 5.01. The van der Waals surface area contributed by atoms with E-state index in [0.717, 1.165) is 5.56 Å². The Bertz CT molecular complexity index is 1880. The van der Waals surface area contributed by atoms with Gasteiger partial charge in [-0.15, -0.1) is 0 Å². The summed E-state index contributed by atoms with van der Waals surface area (Å²) in [5.74, 6) is -3.36. The number of piperidine rings is 1. The molecule has 2 aromatic carbocycles. The molecule has 0 aliphatic carbocycles. The number of pyridine rings is 1. The first kappa shape index (κ1) is 29.5. The summed E-state index contributed by atoms with van der Waals surface area (Å²) in [6.07, 6.45) is 3.88. The number of carbonyl (C=O) groups is 2. The lowest BCUT2D eigenvalue weighted by Crippen LogP contribution is -2.42. The highest BCUT2D eigenvalue weighted by atomic mass is 19.3. The zero-order valence-corrected chi connectivity index (χ0v) is 24.0. The van der Waals surface area contributed by atoms with Gasteiger partial charge >= 0.3 is 0 Å². The number of hydrogen-bond donors (Lipinski definition) is 2. The summed E-state index contributed by atoms with van der Waals surface area (Å²) in [5.41, 5.74) is 10.4. The van der Waals surface area contributed by atoms with Crippen LogP contribution in [0.15, 0.2) is 85.1 Å². The molecule has 5 aromatic rings. The summed E-state index contributed by atoms with van der Waals surface area (Å²) in [6, 6.07) is 19.7. The number of halogens is 3. The minimum absolute atomic E-state index is 0.00713. The van der Waals surface area contributed by atoms with Gasteiger partial charge in [0.05, 0.1) is 23.6 Å². The van der Waals surface area contributed by atoms with Crippen molar-refractivity contribution in [2.75, 3.05) is 18.8 Å². The van der Waals surface area contributed by atoms with E-state index in [0.29, 0.717) is 45.2 Å². The number of amides is 2. The van der Waals surface area contributed by atoms with Gasteiger partial charge in [0.2, 0.25) is 5.91 Å². The monoisotopic (exact) mass is 611 g/mol. The number of fused-ring (bicyclic) bond motifs is 1. The number of nitrogen functional groups attached to an aromatic ring is 1. The highest BCUT2D eigenvalue weighted by Gasteiger charge is 2.35. The fourth-order valence-corrected chi connectivity index (χ4v) is 5.01. The standard InChI is InChI=1S/C33H28F3N7O2/c34-25-9-7-23(8-10-25)28-18-27(22-3-5-24(6-4-22)32(45)42-15-13-33(35,36)14-16-42)40-30-17-26(41-43(28)30)20-39-31(44)12-2-21-1-11-29(37)38-19-21/h1-12,17-19H,13-16,20H2,(H2,37,38)(H,39,44)/b12-2+. The summed E-state index contributed by atoms with van der Waals surface area (Å²) in [7, 11) is 0. The first-order valence-electron chi connectivity index (χ1n) is 14.2. The molecule has 12 heteroatoms. The Balaban J connectivity index is 1.24. The van der Waals surface area contributed by atoms with Crippen LogP contribution < -0.4 is 11.1 Å². The average Bonchev–Trinajstić information content (AvgIpc) is 3.46. The highest BCUT2D eigenvalue weighted by molar-refractivity contribution is 5.95. The molecule has 45 heavy (non-hydrogen) atoms. The third kappa shape index (κ3) is 6.85. The Kier molecular flexibility index (Phi) is 8.03. The molecule has 0 spiro atoms. The maximum Gasteiger partial charge on any atom is 0.253 e. The average molecular weight is 612 g/mol. The van der Waals surface area contributed by atoms with Crippen molar-refractivity contribution in [3.05, 3.63) is 108 Å². The lowest BCUT2D eigenvalue weighted by atomic mass is 10.0. The minimum Gasteiger partial charge on any atom is -0.384 e. The maximum atomic E-state index is 13.7. The number of rotatable bonds is 7. The Morgan fingerprint density at radius 2 is 1.67 bits per heavy atom. The second-order valence-corrected chi connectivity index (χ2v) is 10.7. The highest BCUT2D eigenvalue weighted by Crippen LogP contribution is 2.30. The van der Waals surface area contributed by atoms with E-state index in [-0.39, 0.29) is 50.1 Å². The molecule has 6 rings (SSSR count). The number of anilines is 1. The molecule has 1 fully saturated rings. The van der Waals surface area contributed by atoms with Crippen molar-refractivity contribution in [3.8, 4) is 22.5 Å². The maximum absolute atomic E-state index is 13.7. The molecule has 0 atom stereocenters. The number of likely N-dealkylation sites (tertiary alicyclic amines) is 1. The zero-order valence-electron chi connectivity index (χ0n) is 24.0. The van der Waals surface area contributed by atoms with Crippen molar-refractivity contribution in [1.29, 1.82) is 0 Å². The van der Waals surface area contributed by atoms with Crippen LogP contribution in [0.3, 0.4) is 0 Å². The molecule has 0 saturated carbocycles. The number of nitrogens with zero attached hydrogens (tertiary/aromatic N) is 5. The van der Waals surface area contributed by atoms with Crippen LogP contribution in [0.2, 0.25) is 0 Å². The summed E-state index contributed by atoms with van der Waals surface area (Å²) >= 11 is 0. The number of hydrogen-bond acceptors (Lipinski definition) is 6. The zero-order chi connectivity index (χ0) is 31.6. The SMILES string of the molecule is Nc1ccc(/C=C/C(=O)NCc2cc3nc(-c4ccc(C(=O)N5CCC(F)(F)CC5)cc4)cc(-c4ccc(F)cc4)n3n2)cn1. The van der Waals surface area contributed by atoms with Crippen molar-refractivity contribution < 1.29 is 22.8 Å². The molecule has 4 heterocycles. The van der Waals surface area contributed by atoms with Gasteiger partial charge in [0.25, 0.3) is 11.8 Å². The van der Waals surface area contributed by atoms with Gasteiger partial charge in [0, 0.05) is 61.0 Å². The second-order valence-electron chi connectivity index (χ2n) is 10.7. The van der Waals surface area contributed by atoms with Crippen molar-refractivity contribution >= 4 is 29.4 Å². The molecule has 9 nitrogen and oxygen atoms in total. The summed E-state index contributed by atoms with van der Waals surface area (Å²) < 4.78 is 42.5. The lowest BCUT2D eigenvalue weighted by Gasteiger charge is -2.31. The Morgan fingerprint density at radius 1 is 0.956 bits per heavy atom. The van der Waals surface area contributed by atoms with Gasteiger partial charge in [0.15, 0.2) is 5.65 Å². The molecule has 0 radical (unpaired) electrons. The molecule has 2 amide bonds. The molecule has 1 aliphatic rings. The van der Waals surface area contributed by atoms with Crippen LogP contribution in [-0.2, 0) is 11.3 Å². The molecular formula is C33H28F3N7O2. The molecule has 3 aromatic heterocycles. The Hall–Kier alpha value is -5.52. The molecule has 1 aliphatic heterocycles. The van der Waals surface area contributed by atoms with Gasteiger partial charge in [-0.05, 0) is 66.2 Å². The van der Waals surface area contributed by atoms with Crippen LogP contribution in [0.25, 0.3) is 34.2 Å². The molecular weight excluding hydrogens is 583 g/mol. The number of aromatic nitrogens is 4. The number of nitrogens with one attached hydrogen (secondary N) is 1. The van der Waals surface area contributed by atoms with Gasteiger partial charge in [-0.2, -0.15) is 5.10 Å². The van der Waals surface area contributed by atoms with E-state index in [4.69, 9.17) is 10.7 Å². The van der Waals surface area contributed by atoms with E-state index >= 15 is 0 Å². The van der Waals surface area contributed by atoms with Gasteiger partial charge in [0.1, 0.15) is 11.6 Å². The van der Waals surface area contributed by atoms with Gasteiger partial charge in [-0.3, -0.25) is 9.59 Å². The molecule has 3 N–H and O–H groups in total. The van der Waals surface area contributed by atoms with Crippen LogP contribution >= 0.6 is 0 Å². The molecule has 228 valence electrons. The van der Waals surface area contributed by atoms with Crippen molar-refractivity contribution in [3.63, 3.8) is 0 Å². The van der Waals surface area contributed by atoms with Gasteiger partial charge < -0.3 is 16.0 Å². The van der Waals surface area contributed by atoms with Crippen molar-refractivity contribution in [1.82, 2.24) is 29.8 Å². The van der Waals surface area contributed by atoms with E-state index in [1.807, 2.05) is 6.07 Å². The van der Waals surface area contributed by atoms with Crippen LogP contribution in [0.1, 0.15) is 34.5 Å². The van der Waals surface area contributed by atoms with Crippen LogP contribution in [-0.4, -0.2) is 55.3 Å². The van der Waals surface area contributed by atoms with Crippen LogP contribution in [0, 0.1) is 5.82 Å². The number of nitrogens with two attached hydrogens (primary N) is 1. The van der Waals surface area contributed by atoms with Gasteiger partial charge in [-0.1, -0.05) is 12.1 Å². The number of benzene rings is 2. The predicted octanol–water partition coefficient (Wildman–Crippen LogP) is 5.38. The Labute approximate surface area is 256 Å². The predicted molar refractivity (Wildman–Crippen MR) is 163 cm³/mol. The molecule has 1 saturated heterocycles. The third-order valence-electron chi connectivity index (χ3n) is 7.51. The van der Waals surface area contributed by atoms with E-state index in [9.17, 15) is 22.8 Å². The first-order chi connectivity index (χ1) is 21.6. The summed E-state index contributed by atoms with van der Waals surface area (Å²) in [5, 5.41) is 7.44. The van der Waals surface area contributed by atoms with Gasteiger partial charge in [-0.25, -0.2) is 27.7 Å². The van der Waals surface area contributed by atoms with E-state index < -0.39 is 5.92 Å². The van der Waals surface area contributed by atoms with Crippen LogP contribution in [0.5, 0.6) is 0 Å². The lowest BCUT2D eigenvalue weighted by molar-refractivity contribution is -0.116. The van der Waals surface area contributed by atoms with Crippen LogP contribution in [0.4, 0.5) is 19.0 Å². The number of alkyl halides is 2. The van der Waals surface area contributed by atoms with Crippen molar-refractivity contribution in [2.45, 2.75) is 25.3 Å². The second kappa shape index (κ2) is 12.2. The largest absolute Gasteiger partial charge is 0.384 e. The van der Waals surface area contributed by atoms with E-state index in [1.165, 1.54) is 23.1 Å². The summed E-state index contributed by atoms with van der Waals surface area (Å²) in [4.78, 5) is 35.6. The van der Waals surface area contributed by atoms with E-state index in [1.54, 1.807) is 71.4 Å². The Morgan fingerprint density at radius 3 is 2.36 bits per heavy atom. The normalized spacial score (nSPS) is 14.6. The summed E-state index contributed by atoms with van der Waals surface area (Å²) in [6.45, 7) is 0.143. The topological polar surface area (TPSA) is 119 Å². The molecule has 0 bridgehead atoms. The van der Waals surface area contributed by atoms with E-state index in [2.05, 4.69) is 15.4 Å². The number of carbonyl (C=O) groups excluding carboxylic acids is 2. The fraction of sp³-hybridized carbons (Fsp3) is 0.182. The quantitative estimate of drug-likeness (QED) is 0.239. The first-order valence-corrected chi connectivity index (χ1v) is 14.2. The van der Waals surface area contributed by atoms with Crippen molar-refractivity contribution in [2.24, 2.45) is 0 Å².